The first-order chi connectivity index (χ1) is 7.65. The monoisotopic (exact) mass is 235 g/mol. The Morgan fingerprint density at radius 2 is 2.31 bits per heavy atom. The van der Waals surface area contributed by atoms with E-state index in [0.29, 0.717) is 0 Å². The molecule has 1 aromatic carbocycles. The van der Waals surface area contributed by atoms with Crippen molar-refractivity contribution in [2.75, 3.05) is 0 Å². The summed E-state index contributed by atoms with van der Waals surface area (Å²) in [7, 11) is 0. The fraction of sp³-hybridized carbons (Fsp3) is 0.250. The number of rotatable bonds is 3. The van der Waals surface area contributed by atoms with Gasteiger partial charge in [0.15, 0.2) is 0 Å². The second kappa shape index (κ2) is 4.68. The van der Waals surface area contributed by atoms with Gasteiger partial charge in [0.2, 0.25) is 0 Å². The lowest BCUT2D eigenvalue weighted by Crippen LogP contribution is -2.18. The normalized spacial score (nSPS) is 12.7. The molecule has 3 N–H and O–H groups in total. The van der Waals surface area contributed by atoms with Crippen LogP contribution in [0.15, 0.2) is 30.5 Å². The van der Waals surface area contributed by atoms with Crippen LogP contribution in [-0.2, 0) is 6.42 Å². The highest BCUT2D eigenvalue weighted by molar-refractivity contribution is 6.30. The maximum atomic E-state index is 5.93. The molecule has 2 rings (SSSR count). The predicted molar refractivity (Wildman–Crippen MR) is 66.4 cm³/mol. The van der Waals surface area contributed by atoms with Gasteiger partial charge in [0.05, 0.1) is 11.9 Å². The van der Waals surface area contributed by atoms with Crippen molar-refractivity contribution in [3.05, 3.63) is 41.3 Å². The summed E-state index contributed by atoms with van der Waals surface area (Å²) >= 11 is 5.93. The molecule has 0 fully saturated rings. The Morgan fingerprint density at radius 1 is 1.50 bits per heavy atom. The molecule has 0 aliphatic carbocycles. The van der Waals surface area contributed by atoms with Crippen LogP contribution in [0.25, 0.3) is 11.3 Å². The molecule has 1 heterocycles. The highest BCUT2D eigenvalue weighted by Crippen LogP contribution is 2.20. The first-order valence-electron chi connectivity index (χ1n) is 5.20. The average molecular weight is 236 g/mol. The number of hydrogen-bond acceptors (Lipinski definition) is 2. The largest absolute Gasteiger partial charge is 0.342 e. The van der Waals surface area contributed by atoms with Crippen LogP contribution in [0.2, 0.25) is 5.02 Å². The summed E-state index contributed by atoms with van der Waals surface area (Å²) < 4.78 is 0. The highest BCUT2D eigenvalue weighted by atomic mass is 35.5. The Hall–Kier alpha value is -1.32. The molecule has 2 aromatic rings. The van der Waals surface area contributed by atoms with Gasteiger partial charge in [-0.25, -0.2) is 4.98 Å². The molecule has 0 saturated heterocycles. The molecule has 0 amide bonds. The Labute approximate surface area is 99.7 Å². The van der Waals surface area contributed by atoms with Gasteiger partial charge in [-0.05, 0) is 19.1 Å². The quantitative estimate of drug-likeness (QED) is 0.859. The maximum absolute atomic E-state index is 5.93. The van der Waals surface area contributed by atoms with E-state index in [1.54, 1.807) is 0 Å². The van der Waals surface area contributed by atoms with E-state index in [1.165, 1.54) is 0 Å². The van der Waals surface area contributed by atoms with Gasteiger partial charge in [-0.1, -0.05) is 23.7 Å². The molecule has 4 heteroatoms. The van der Waals surface area contributed by atoms with E-state index in [9.17, 15) is 0 Å². The number of nitrogens with zero attached hydrogens (tertiary/aromatic N) is 1. The standard InChI is InChI=1S/C12H14ClN3/c1-8(14)5-12-15-7-11(16-12)9-3-2-4-10(13)6-9/h2-4,6-8H,5,14H2,1H3,(H,15,16). The molecule has 1 atom stereocenters. The zero-order valence-corrected chi connectivity index (χ0v) is 9.83. The molecule has 0 bridgehead atoms. The molecule has 1 aromatic heterocycles. The number of aromatic nitrogens is 2. The predicted octanol–water partition coefficient (Wildman–Crippen LogP) is 2.62. The van der Waals surface area contributed by atoms with Gasteiger partial charge in [-0.15, -0.1) is 0 Å². The lowest BCUT2D eigenvalue weighted by Gasteiger charge is -2.01. The molecule has 0 radical (unpaired) electrons. The first kappa shape index (κ1) is 11.2. The number of hydrogen-bond donors (Lipinski definition) is 2. The zero-order chi connectivity index (χ0) is 11.5. The SMILES string of the molecule is CC(N)Cc1ncc(-c2cccc(Cl)c2)[nH]1. The topological polar surface area (TPSA) is 54.7 Å². The second-order valence-corrected chi connectivity index (χ2v) is 4.37. The molecule has 84 valence electrons. The first-order valence-corrected chi connectivity index (χ1v) is 5.58. The van der Waals surface area contributed by atoms with Crippen molar-refractivity contribution in [3.63, 3.8) is 0 Å². The van der Waals surface area contributed by atoms with Gasteiger partial charge >= 0.3 is 0 Å². The molecular weight excluding hydrogens is 222 g/mol. The molecule has 0 spiro atoms. The summed E-state index contributed by atoms with van der Waals surface area (Å²) in [5.74, 6) is 0.907. The van der Waals surface area contributed by atoms with E-state index in [4.69, 9.17) is 17.3 Å². The van der Waals surface area contributed by atoms with E-state index in [-0.39, 0.29) is 6.04 Å². The molecule has 16 heavy (non-hydrogen) atoms. The number of nitrogens with one attached hydrogen (secondary N) is 1. The summed E-state index contributed by atoms with van der Waals surface area (Å²) in [5, 5.41) is 0.723. The lowest BCUT2D eigenvalue weighted by atomic mass is 10.2. The van der Waals surface area contributed by atoms with Crippen LogP contribution in [0.1, 0.15) is 12.7 Å². The maximum Gasteiger partial charge on any atom is 0.108 e. The number of halogens is 1. The third-order valence-electron chi connectivity index (χ3n) is 2.28. The van der Waals surface area contributed by atoms with Gasteiger partial charge in [0.25, 0.3) is 0 Å². The Kier molecular flexibility index (Phi) is 3.27. The third kappa shape index (κ3) is 2.62. The van der Waals surface area contributed by atoms with E-state index < -0.39 is 0 Å². The van der Waals surface area contributed by atoms with Crippen LogP contribution >= 0.6 is 11.6 Å². The van der Waals surface area contributed by atoms with Crippen molar-refractivity contribution in [2.45, 2.75) is 19.4 Å². The summed E-state index contributed by atoms with van der Waals surface area (Å²) in [5.41, 5.74) is 7.72. The fourth-order valence-corrected chi connectivity index (χ4v) is 1.76. The molecular formula is C12H14ClN3. The summed E-state index contributed by atoms with van der Waals surface area (Å²) in [4.78, 5) is 7.52. The highest BCUT2D eigenvalue weighted by Gasteiger charge is 2.05. The fourth-order valence-electron chi connectivity index (χ4n) is 1.57. The summed E-state index contributed by atoms with van der Waals surface area (Å²) in [6.45, 7) is 1.96. The van der Waals surface area contributed by atoms with E-state index in [2.05, 4.69) is 9.97 Å². The second-order valence-electron chi connectivity index (χ2n) is 3.94. The minimum Gasteiger partial charge on any atom is -0.342 e. The van der Waals surface area contributed by atoms with Gasteiger partial charge in [-0.2, -0.15) is 0 Å². The Balaban J connectivity index is 2.24. The molecule has 0 aliphatic rings. The van der Waals surface area contributed by atoms with E-state index >= 15 is 0 Å². The molecule has 3 nitrogen and oxygen atoms in total. The average Bonchev–Trinajstić information content (AvgIpc) is 2.65. The molecule has 0 aliphatic heterocycles. The number of aromatic amines is 1. The van der Waals surface area contributed by atoms with Crippen LogP contribution in [0.5, 0.6) is 0 Å². The van der Waals surface area contributed by atoms with Crippen molar-refractivity contribution < 1.29 is 0 Å². The van der Waals surface area contributed by atoms with Crippen molar-refractivity contribution in [1.82, 2.24) is 9.97 Å². The number of benzene rings is 1. The Bertz CT molecular complexity index is 477. The van der Waals surface area contributed by atoms with E-state index in [1.807, 2.05) is 37.4 Å². The number of imidazole rings is 1. The smallest absolute Gasteiger partial charge is 0.108 e. The van der Waals surface area contributed by atoms with Gasteiger partial charge in [-0.3, -0.25) is 0 Å². The number of nitrogens with two attached hydrogens (primary N) is 1. The third-order valence-corrected chi connectivity index (χ3v) is 2.51. The lowest BCUT2D eigenvalue weighted by molar-refractivity contribution is 0.710. The van der Waals surface area contributed by atoms with Gasteiger partial charge < -0.3 is 10.7 Å². The molecule has 0 saturated carbocycles. The van der Waals surface area contributed by atoms with Crippen LogP contribution in [-0.4, -0.2) is 16.0 Å². The minimum absolute atomic E-state index is 0.110. The van der Waals surface area contributed by atoms with Gasteiger partial charge in [0.1, 0.15) is 5.82 Å². The van der Waals surface area contributed by atoms with Gasteiger partial charge in [0, 0.05) is 23.0 Å². The van der Waals surface area contributed by atoms with Crippen LogP contribution in [0, 0.1) is 0 Å². The Morgan fingerprint density at radius 3 is 3.00 bits per heavy atom. The minimum atomic E-state index is 0.110. The van der Waals surface area contributed by atoms with Crippen molar-refractivity contribution >= 4 is 11.6 Å². The van der Waals surface area contributed by atoms with Crippen LogP contribution in [0.4, 0.5) is 0 Å². The van der Waals surface area contributed by atoms with Crippen molar-refractivity contribution in [2.24, 2.45) is 5.73 Å². The summed E-state index contributed by atoms with van der Waals surface area (Å²) in [6, 6.07) is 7.78. The van der Waals surface area contributed by atoms with E-state index in [0.717, 1.165) is 28.5 Å². The number of H-pyrrole nitrogens is 1. The summed E-state index contributed by atoms with van der Waals surface area (Å²) in [6.07, 6.45) is 2.56. The zero-order valence-electron chi connectivity index (χ0n) is 9.07. The molecule has 1 unspecified atom stereocenters. The van der Waals surface area contributed by atoms with Crippen molar-refractivity contribution in [3.8, 4) is 11.3 Å². The van der Waals surface area contributed by atoms with Crippen molar-refractivity contribution in [1.29, 1.82) is 0 Å². The van der Waals surface area contributed by atoms with Crippen LogP contribution in [0.3, 0.4) is 0 Å². The van der Waals surface area contributed by atoms with Crippen LogP contribution < -0.4 is 5.73 Å².